The standard InChI is InChI=1S/C17H25N3O/c18-11-16-6-1-2-9-20(16)12-17(21)19-15-8-7-13-4-3-5-14(13)10-15/h7-8,10,16H,1-6,9,11-12,18H2,(H,19,21). The smallest absolute Gasteiger partial charge is 0.238 e. The maximum absolute atomic E-state index is 12.2. The van der Waals surface area contributed by atoms with Gasteiger partial charge in [0.05, 0.1) is 6.54 Å². The molecular weight excluding hydrogens is 262 g/mol. The number of likely N-dealkylation sites (tertiary alicyclic amines) is 1. The fourth-order valence-electron chi connectivity index (χ4n) is 3.57. The van der Waals surface area contributed by atoms with E-state index in [-0.39, 0.29) is 5.91 Å². The van der Waals surface area contributed by atoms with E-state index in [0.29, 0.717) is 19.1 Å². The highest BCUT2D eigenvalue weighted by Gasteiger charge is 2.23. The van der Waals surface area contributed by atoms with E-state index in [1.807, 2.05) is 6.07 Å². The lowest BCUT2D eigenvalue weighted by Gasteiger charge is -2.34. The lowest BCUT2D eigenvalue weighted by molar-refractivity contribution is -0.118. The average Bonchev–Trinajstić information content (AvgIpc) is 2.95. The average molecular weight is 287 g/mol. The van der Waals surface area contributed by atoms with E-state index < -0.39 is 0 Å². The molecule has 2 aliphatic rings. The Bertz CT molecular complexity index is 515. The van der Waals surface area contributed by atoms with Crippen LogP contribution in [0, 0.1) is 0 Å². The molecule has 0 radical (unpaired) electrons. The molecule has 4 heteroatoms. The fraction of sp³-hybridized carbons (Fsp3) is 0.588. The highest BCUT2D eigenvalue weighted by atomic mass is 16.2. The molecule has 1 amide bonds. The zero-order chi connectivity index (χ0) is 14.7. The van der Waals surface area contributed by atoms with Gasteiger partial charge >= 0.3 is 0 Å². The van der Waals surface area contributed by atoms with Crippen LogP contribution in [0.15, 0.2) is 18.2 Å². The molecule has 1 fully saturated rings. The summed E-state index contributed by atoms with van der Waals surface area (Å²) in [7, 11) is 0. The van der Waals surface area contributed by atoms with Crippen molar-refractivity contribution in [1.29, 1.82) is 0 Å². The number of fused-ring (bicyclic) bond motifs is 1. The molecule has 21 heavy (non-hydrogen) atoms. The van der Waals surface area contributed by atoms with Crippen molar-refractivity contribution in [1.82, 2.24) is 4.90 Å². The van der Waals surface area contributed by atoms with Gasteiger partial charge in [0.15, 0.2) is 0 Å². The highest BCUT2D eigenvalue weighted by molar-refractivity contribution is 5.92. The van der Waals surface area contributed by atoms with Crippen LogP contribution in [0.4, 0.5) is 5.69 Å². The zero-order valence-corrected chi connectivity index (χ0v) is 12.6. The van der Waals surface area contributed by atoms with Crippen molar-refractivity contribution in [2.75, 3.05) is 25.0 Å². The number of rotatable bonds is 4. The van der Waals surface area contributed by atoms with Crippen molar-refractivity contribution in [3.05, 3.63) is 29.3 Å². The van der Waals surface area contributed by atoms with E-state index in [1.165, 1.54) is 36.8 Å². The predicted octanol–water partition coefficient (Wildman–Crippen LogP) is 1.93. The molecule has 1 atom stereocenters. The second-order valence-electron chi connectivity index (χ2n) is 6.24. The van der Waals surface area contributed by atoms with E-state index in [1.54, 1.807) is 0 Å². The van der Waals surface area contributed by atoms with E-state index in [9.17, 15) is 4.79 Å². The van der Waals surface area contributed by atoms with Crippen LogP contribution >= 0.6 is 0 Å². The molecule has 1 aromatic carbocycles. The Labute approximate surface area is 126 Å². The van der Waals surface area contributed by atoms with Gasteiger partial charge in [-0.05, 0) is 61.9 Å². The SMILES string of the molecule is NCC1CCCCN1CC(=O)Nc1ccc2c(c1)CCC2. The van der Waals surface area contributed by atoms with Gasteiger partial charge in [-0.2, -0.15) is 0 Å². The maximum atomic E-state index is 12.2. The first-order valence-electron chi connectivity index (χ1n) is 8.12. The molecule has 1 unspecified atom stereocenters. The number of piperidine rings is 1. The molecule has 3 N–H and O–H groups in total. The second-order valence-corrected chi connectivity index (χ2v) is 6.24. The summed E-state index contributed by atoms with van der Waals surface area (Å²) < 4.78 is 0. The first-order chi connectivity index (χ1) is 10.3. The third kappa shape index (κ3) is 3.44. The number of nitrogens with one attached hydrogen (secondary N) is 1. The monoisotopic (exact) mass is 287 g/mol. The van der Waals surface area contributed by atoms with E-state index >= 15 is 0 Å². The van der Waals surface area contributed by atoms with Gasteiger partial charge in [-0.25, -0.2) is 0 Å². The largest absolute Gasteiger partial charge is 0.329 e. The minimum absolute atomic E-state index is 0.0771. The Kier molecular flexibility index (Phi) is 4.56. The van der Waals surface area contributed by atoms with Crippen LogP contribution < -0.4 is 11.1 Å². The molecule has 1 aromatic rings. The summed E-state index contributed by atoms with van der Waals surface area (Å²) in [4.78, 5) is 14.5. The zero-order valence-electron chi connectivity index (χ0n) is 12.6. The normalized spacial score (nSPS) is 22.0. The minimum Gasteiger partial charge on any atom is -0.329 e. The molecule has 0 bridgehead atoms. The number of benzene rings is 1. The molecule has 4 nitrogen and oxygen atoms in total. The van der Waals surface area contributed by atoms with Gasteiger partial charge in [-0.1, -0.05) is 12.5 Å². The summed E-state index contributed by atoms with van der Waals surface area (Å²) in [6.45, 7) is 2.09. The lowest BCUT2D eigenvalue weighted by atomic mass is 10.0. The van der Waals surface area contributed by atoms with Crippen LogP contribution in [-0.4, -0.2) is 36.5 Å². The summed E-state index contributed by atoms with van der Waals surface area (Å²) in [6.07, 6.45) is 7.06. The molecule has 1 aliphatic heterocycles. The van der Waals surface area contributed by atoms with Gasteiger partial charge in [-0.3, -0.25) is 9.69 Å². The number of aryl methyl sites for hydroxylation is 2. The van der Waals surface area contributed by atoms with Gasteiger partial charge in [0.1, 0.15) is 0 Å². The van der Waals surface area contributed by atoms with Gasteiger partial charge in [0.25, 0.3) is 0 Å². The van der Waals surface area contributed by atoms with Gasteiger partial charge in [0.2, 0.25) is 5.91 Å². The van der Waals surface area contributed by atoms with Crippen LogP contribution in [0.2, 0.25) is 0 Å². The third-order valence-corrected chi connectivity index (χ3v) is 4.75. The number of nitrogens with two attached hydrogens (primary N) is 1. The molecular formula is C17H25N3O. The first kappa shape index (κ1) is 14.5. The van der Waals surface area contributed by atoms with Crippen molar-refractivity contribution < 1.29 is 4.79 Å². The summed E-state index contributed by atoms with van der Waals surface area (Å²) in [6, 6.07) is 6.68. The Morgan fingerprint density at radius 1 is 1.24 bits per heavy atom. The highest BCUT2D eigenvalue weighted by Crippen LogP contribution is 2.25. The maximum Gasteiger partial charge on any atom is 0.238 e. The summed E-state index contributed by atoms with van der Waals surface area (Å²) >= 11 is 0. The summed E-state index contributed by atoms with van der Waals surface area (Å²) in [5, 5.41) is 3.04. The molecule has 1 saturated heterocycles. The Balaban J connectivity index is 1.58. The van der Waals surface area contributed by atoms with Gasteiger partial charge < -0.3 is 11.1 Å². The quantitative estimate of drug-likeness (QED) is 0.889. The number of carbonyl (C=O) groups is 1. The molecule has 0 spiro atoms. The van der Waals surface area contributed by atoms with Crippen molar-refractivity contribution >= 4 is 11.6 Å². The number of hydrogen-bond acceptors (Lipinski definition) is 3. The predicted molar refractivity (Wildman–Crippen MR) is 85.4 cm³/mol. The van der Waals surface area contributed by atoms with Crippen molar-refractivity contribution in [2.45, 2.75) is 44.6 Å². The van der Waals surface area contributed by atoms with Crippen molar-refractivity contribution in [3.63, 3.8) is 0 Å². The summed E-state index contributed by atoms with van der Waals surface area (Å²) in [5.41, 5.74) is 9.57. The molecule has 0 aromatic heterocycles. The second kappa shape index (κ2) is 6.58. The Morgan fingerprint density at radius 3 is 2.95 bits per heavy atom. The number of amides is 1. The van der Waals surface area contributed by atoms with Crippen LogP contribution in [0.1, 0.15) is 36.8 Å². The van der Waals surface area contributed by atoms with Crippen LogP contribution in [0.25, 0.3) is 0 Å². The lowest BCUT2D eigenvalue weighted by Crippen LogP contribution is -2.47. The van der Waals surface area contributed by atoms with Crippen molar-refractivity contribution in [2.24, 2.45) is 5.73 Å². The first-order valence-corrected chi connectivity index (χ1v) is 8.12. The Morgan fingerprint density at radius 2 is 2.10 bits per heavy atom. The molecule has 3 rings (SSSR count). The van der Waals surface area contributed by atoms with Crippen molar-refractivity contribution in [3.8, 4) is 0 Å². The third-order valence-electron chi connectivity index (χ3n) is 4.75. The topological polar surface area (TPSA) is 58.4 Å². The van der Waals surface area contributed by atoms with Crippen LogP contribution in [-0.2, 0) is 17.6 Å². The summed E-state index contributed by atoms with van der Waals surface area (Å²) in [5.74, 6) is 0.0771. The van der Waals surface area contributed by atoms with E-state index in [2.05, 4.69) is 22.3 Å². The molecule has 114 valence electrons. The Hall–Kier alpha value is -1.39. The van der Waals surface area contributed by atoms with E-state index in [0.717, 1.165) is 25.1 Å². The van der Waals surface area contributed by atoms with Gasteiger partial charge in [-0.15, -0.1) is 0 Å². The molecule has 0 saturated carbocycles. The number of anilines is 1. The van der Waals surface area contributed by atoms with Crippen LogP contribution in [0.5, 0.6) is 0 Å². The number of nitrogens with zero attached hydrogens (tertiary/aromatic N) is 1. The minimum atomic E-state index is 0.0771. The van der Waals surface area contributed by atoms with Crippen LogP contribution in [0.3, 0.4) is 0 Å². The molecule has 1 aliphatic carbocycles. The number of hydrogen-bond donors (Lipinski definition) is 2. The number of carbonyl (C=O) groups excluding carboxylic acids is 1. The fourth-order valence-corrected chi connectivity index (χ4v) is 3.57. The van der Waals surface area contributed by atoms with E-state index in [4.69, 9.17) is 5.73 Å². The molecule has 1 heterocycles. The van der Waals surface area contributed by atoms with Gasteiger partial charge in [0, 0.05) is 18.3 Å².